The first-order chi connectivity index (χ1) is 8.81. The van der Waals surface area contributed by atoms with Gasteiger partial charge in [0.15, 0.2) is 0 Å². The molecule has 1 atom stereocenters. The smallest absolute Gasteiger partial charge is 0.0537 e. The van der Waals surface area contributed by atoms with Crippen molar-refractivity contribution in [1.82, 2.24) is 0 Å². The second kappa shape index (κ2) is 15.0. The zero-order valence-electron chi connectivity index (χ0n) is 12.9. The number of rotatable bonds is 14. The van der Waals surface area contributed by atoms with Crippen LogP contribution in [-0.2, 0) is 0 Å². The molecule has 0 aromatic carbocycles. The molecule has 0 rings (SSSR count). The van der Waals surface area contributed by atoms with Crippen LogP contribution >= 0.6 is 0 Å². The fourth-order valence-corrected chi connectivity index (χ4v) is 2.43. The standard InChI is InChI=1S/C17H36O/c1-3-5-6-7-8-9-10-11-12-13-14-15-16-17(18)4-2/h17-18H,3-16H2,1-2H3. The molecule has 1 nitrogen and oxygen atoms in total. The maximum Gasteiger partial charge on any atom is 0.0537 e. The molecule has 0 radical (unpaired) electrons. The third kappa shape index (κ3) is 14.0. The van der Waals surface area contributed by atoms with Gasteiger partial charge in [0.25, 0.3) is 0 Å². The highest BCUT2D eigenvalue weighted by atomic mass is 16.3. The summed E-state index contributed by atoms with van der Waals surface area (Å²) in [5, 5.41) is 9.42. The fourth-order valence-electron chi connectivity index (χ4n) is 2.43. The molecular weight excluding hydrogens is 220 g/mol. The minimum absolute atomic E-state index is 0.0480. The number of unbranched alkanes of at least 4 members (excludes halogenated alkanes) is 11. The van der Waals surface area contributed by atoms with Crippen molar-refractivity contribution in [3.63, 3.8) is 0 Å². The van der Waals surface area contributed by atoms with Crippen molar-refractivity contribution >= 4 is 0 Å². The highest BCUT2D eigenvalue weighted by Crippen LogP contribution is 2.13. The van der Waals surface area contributed by atoms with Crippen LogP contribution < -0.4 is 0 Å². The quantitative estimate of drug-likeness (QED) is 0.387. The van der Waals surface area contributed by atoms with Crippen LogP contribution in [0.2, 0.25) is 0 Å². The summed E-state index contributed by atoms with van der Waals surface area (Å²) in [7, 11) is 0. The van der Waals surface area contributed by atoms with E-state index in [9.17, 15) is 5.11 Å². The van der Waals surface area contributed by atoms with E-state index in [1.807, 2.05) is 0 Å². The summed E-state index contributed by atoms with van der Waals surface area (Å²) in [6, 6.07) is 0. The summed E-state index contributed by atoms with van der Waals surface area (Å²) in [5.41, 5.74) is 0. The average molecular weight is 256 g/mol. The van der Waals surface area contributed by atoms with Gasteiger partial charge < -0.3 is 5.11 Å². The molecule has 0 amide bonds. The first-order valence-corrected chi connectivity index (χ1v) is 8.49. The van der Waals surface area contributed by atoms with Crippen molar-refractivity contribution in [1.29, 1.82) is 0 Å². The Balaban J connectivity index is 2.94. The van der Waals surface area contributed by atoms with Crippen molar-refractivity contribution in [3.8, 4) is 0 Å². The zero-order chi connectivity index (χ0) is 13.5. The highest BCUT2D eigenvalue weighted by Gasteiger charge is 1.99. The predicted octanol–water partition coefficient (Wildman–Crippen LogP) is 5.85. The van der Waals surface area contributed by atoms with Gasteiger partial charge in [-0.25, -0.2) is 0 Å². The Bertz CT molecular complexity index is 145. The van der Waals surface area contributed by atoms with Crippen LogP contribution in [0.15, 0.2) is 0 Å². The number of aliphatic hydroxyl groups is 1. The lowest BCUT2D eigenvalue weighted by Gasteiger charge is -2.06. The van der Waals surface area contributed by atoms with Crippen LogP contribution in [0.5, 0.6) is 0 Å². The van der Waals surface area contributed by atoms with E-state index >= 15 is 0 Å². The van der Waals surface area contributed by atoms with Gasteiger partial charge in [0.1, 0.15) is 0 Å². The van der Waals surface area contributed by atoms with Crippen LogP contribution in [0.25, 0.3) is 0 Å². The molecule has 110 valence electrons. The van der Waals surface area contributed by atoms with Gasteiger partial charge in [-0.05, 0) is 12.8 Å². The Hall–Kier alpha value is -0.0400. The van der Waals surface area contributed by atoms with Gasteiger partial charge in [-0.3, -0.25) is 0 Å². The summed E-state index contributed by atoms with van der Waals surface area (Å²) in [4.78, 5) is 0. The monoisotopic (exact) mass is 256 g/mol. The van der Waals surface area contributed by atoms with Crippen LogP contribution in [-0.4, -0.2) is 11.2 Å². The predicted molar refractivity (Wildman–Crippen MR) is 82.0 cm³/mol. The van der Waals surface area contributed by atoms with Crippen LogP contribution in [0.3, 0.4) is 0 Å². The Morgan fingerprint density at radius 3 is 1.39 bits per heavy atom. The molecule has 0 saturated carbocycles. The van der Waals surface area contributed by atoms with Gasteiger partial charge in [0.05, 0.1) is 6.10 Å². The van der Waals surface area contributed by atoms with Crippen LogP contribution in [0.1, 0.15) is 104 Å². The lowest BCUT2D eigenvalue weighted by atomic mass is 10.0. The molecule has 1 heteroatoms. The number of hydrogen-bond donors (Lipinski definition) is 1. The molecule has 0 aliphatic heterocycles. The van der Waals surface area contributed by atoms with Gasteiger partial charge in [-0.15, -0.1) is 0 Å². The molecule has 18 heavy (non-hydrogen) atoms. The van der Waals surface area contributed by atoms with Crippen molar-refractivity contribution in [2.45, 2.75) is 110 Å². The Morgan fingerprint density at radius 1 is 0.611 bits per heavy atom. The van der Waals surface area contributed by atoms with E-state index in [0.29, 0.717) is 0 Å². The molecule has 0 spiro atoms. The molecule has 0 aromatic rings. The normalized spacial score (nSPS) is 12.8. The SMILES string of the molecule is CCCCCCCCCCCCCCC(O)CC. The molecule has 0 heterocycles. The first kappa shape index (κ1) is 18.0. The van der Waals surface area contributed by atoms with E-state index in [-0.39, 0.29) is 6.10 Å². The Morgan fingerprint density at radius 2 is 1.00 bits per heavy atom. The number of hydrogen-bond acceptors (Lipinski definition) is 1. The van der Waals surface area contributed by atoms with Gasteiger partial charge in [0, 0.05) is 0 Å². The molecule has 0 aliphatic carbocycles. The summed E-state index contributed by atoms with van der Waals surface area (Å²) >= 11 is 0. The Kier molecular flexibility index (Phi) is 15.0. The minimum atomic E-state index is -0.0480. The highest BCUT2D eigenvalue weighted by molar-refractivity contribution is 4.53. The van der Waals surface area contributed by atoms with E-state index < -0.39 is 0 Å². The summed E-state index contributed by atoms with van der Waals surface area (Å²) in [6.45, 7) is 4.34. The molecule has 0 aromatic heterocycles. The van der Waals surface area contributed by atoms with E-state index in [1.54, 1.807) is 0 Å². The second-order valence-electron chi connectivity index (χ2n) is 5.74. The maximum atomic E-state index is 9.42. The van der Waals surface area contributed by atoms with Gasteiger partial charge >= 0.3 is 0 Å². The molecule has 0 saturated heterocycles. The molecule has 1 N–H and O–H groups in total. The summed E-state index contributed by atoms with van der Waals surface area (Å²) in [6.07, 6.45) is 18.6. The zero-order valence-corrected chi connectivity index (χ0v) is 12.9. The van der Waals surface area contributed by atoms with E-state index in [2.05, 4.69) is 13.8 Å². The maximum absolute atomic E-state index is 9.42. The Labute approximate surface area is 115 Å². The van der Waals surface area contributed by atoms with Crippen LogP contribution in [0.4, 0.5) is 0 Å². The van der Waals surface area contributed by atoms with Crippen molar-refractivity contribution in [3.05, 3.63) is 0 Å². The van der Waals surface area contributed by atoms with Crippen molar-refractivity contribution < 1.29 is 5.11 Å². The molecule has 0 bridgehead atoms. The van der Waals surface area contributed by atoms with Gasteiger partial charge in [0.2, 0.25) is 0 Å². The third-order valence-corrected chi connectivity index (χ3v) is 3.86. The van der Waals surface area contributed by atoms with Gasteiger partial charge in [-0.2, -0.15) is 0 Å². The van der Waals surface area contributed by atoms with Crippen LogP contribution in [0, 0.1) is 0 Å². The summed E-state index contributed by atoms with van der Waals surface area (Å²) < 4.78 is 0. The molecule has 0 fully saturated rings. The average Bonchev–Trinajstić information content (AvgIpc) is 2.39. The minimum Gasteiger partial charge on any atom is -0.393 e. The lowest BCUT2D eigenvalue weighted by Crippen LogP contribution is -2.03. The van der Waals surface area contributed by atoms with E-state index in [4.69, 9.17) is 0 Å². The lowest BCUT2D eigenvalue weighted by molar-refractivity contribution is 0.156. The van der Waals surface area contributed by atoms with Crippen molar-refractivity contribution in [2.24, 2.45) is 0 Å². The topological polar surface area (TPSA) is 20.2 Å². The van der Waals surface area contributed by atoms with Gasteiger partial charge in [-0.1, -0.05) is 90.9 Å². The fraction of sp³-hybridized carbons (Fsp3) is 1.00. The number of aliphatic hydroxyl groups excluding tert-OH is 1. The summed E-state index contributed by atoms with van der Waals surface area (Å²) in [5.74, 6) is 0. The molecule has 1 unspecified atom stereocenters. The first-order valence-electron chi connectivity index (χ1n) is 8.49. The second-order valence-corrected chi connectivity index (χ2v) is 5.74. The molecular formula is C17H36O. The van der Waals surface area contributed by atoms with E-state index in [1.165, 1.54) is 77.0 Å². The largest absolute Gasteiger partial charge is 0.393 e. The van der Waals surface area contributed by atoms with Crippen molar-refractivity contribution in [2.75, 3.05) is 0 Å². The van der Waals surface area contributed by atoms with E-state index in [0.717, 1.165) is 12.8 Å². The molecule has 0 aliphatic rings. The third-order valence-electron chi connectivity index (χ3n) is 3.86.